The van der Waals surface area contributed by atoms with E-state index in [0.717, 1.165) is 12.8 Å². The number of hydrogen-bond acceptors (Lipinski definition) is 5. The average Bonchev–Trinajstić information content (AvgIpc) is 2.60. The highest BCUT2D eigenvalue weighted by molar-refractivity contribution is 7.94. The molecule has 0 bridgehead atoms. The van der Waals surface area contributed by atoms with Crippen molar-refractivity contribution in [2.45, 2.75) is 55.1 Å². The van der Waals surface area contributed by atoms with Gasteiger partial charge in [0.2, 0.25) is 0 Å². The molecule has 0 saturated heterocycles. The van der Waals surface area contributed by atoms with Gasteiger partial charge in [0.05, 0.1) is 22.8 Å². The molecule has 2 rings (SSSR count). The lowest BCUT2D eigenvalue weighted by Crippen LogP contribution is -2.34. The molecule has 1 fully saturated rings. The number of halogens is 4. The summed E-state index contributed by atoms with van der Waals surface area (Å²) in [5, 5.41) is 10.6. The Kier molecular flexibility index (Phi) is 7.49. The van der Waals surface area contributed by atoms with Crippen molar-refractivity contribution in [2.75, 3.05) is 0 Å². The van der Waals surface area contributed by atoms with E-state index in [-0.39, 0.29) is 23.9 Å². The lowest BCUT2D eigenvalue weighted by atomic mass is 9.77. The predicted molar refractivity (Wildman–Crippen MR) is 88.5 cm³/mol. The van der Waals surface area contributed by atoms with Crippen LogP contribution < -0.4 is 0 Å². The fourth-order valence-electron chi connectivity index (χ4n) is 3.26. The van der Waals surface area contributed by atoms with E-state index in [2.05, 4.69) is 9.37 Å². The molecular formula is C16H20F4O4S2. The van der Waals surface area contributed by atoms with Gasteiger partial charge in [0, 0.05) is 5.25 Å². The summed E-state index contributed by atoms with van der Waals surface area (Å²) < 4.78 is 73.6. The van der Waals surface area contributed by atoms with Crippen LogP contribution in [0, 0.1) is 41.0 Å². The zero-order valence-electron chi connectivity index (χ0n) is 14.4. The molecular weight excluding hydrogens is 396 g/mol. The van der Waals surface area contributed by atoms with Gasteiger partial charge in [0.25, 0.3) is 0 Å². The first-order valence-electron chi connectivity index (χ1n) is 8.11. The second-order valence-electron chi connectivity index (χ2n) is 6.77. The lowest BCUT2D eigenvalue weighted by molar-refractivity contribution is -0.432. The largest absolute Gasteiger partial charge is 0.254 e. The Morgan fingerprint density at radius 1 is 1.12 bits per heavy atom. The summed E-state index contributed by atoms with van der Waals surface area (Å²) in [5.41, 5.74) is 0. The van der Waals surface area contributed by atoms with E-state index in [1.807, 2.05) is 20.8 Å². The van der Waals surface area contributed by atoms with Crippen molar-refractivity contribution in [3.05, 3.63) is 23.3 Å². The van der Waals surface area contributed by atoms with Crippen LogP contribution in [0.1, 0.15) is 40.0 Å². The molecule has 1 aromatic rings. The summed E-state index contributed by atoms with van der Waals surface area (Å²) in [4.78, 5) is -2.28. The Balaban J connectivity index is 2.42. The van der Waals surface area contributed by atoms with Gasteiger partial charge >= 0.3 is 0 Å². The summed E-state index contributed by atoms with van der Waals surface area (Å²) in [7, 11) is -2.26. The zero-order valence-corrected chi connectivity index (χ0v) is 16.1. The molecule has 0 amide bonds. The molecule has 0 radical (unpaired) electrons. The number of benzene rings is 1. The minimum atomic E-state index is -2.26. The van der Waals surface area contributed by atoms with Crippen LogP contribution in [-0.2, 0) is 20.2 Å². The lowest BCUT2D eigenvalue weighted by Gasteiger charge is -2.35. The summed E-state index contributed by atoms with van der Waals surface area (Å²) >= 11 is -0.238. The molecule has 4 nitrogen and oxygen atoms in total. The minimum Gasteiger partial charge on any atom is -0.254 e. The first-order valence-corrected chi connectivity index (χ1v) is 10.1. The van der Waals surface area contributed by atoms with Crippen molar-refractivity contribution < 1.29 is 36.4 Å². The molecule has 1 aliphatic carbocycles. The normalized spacial score (nSPS) is 24.9. The van der Waals surface area contributed by atoms with Crippen LogP contribution in [0.15, 0.2) is 9.79 Å². The van der Waals surface area contributed by atoms with Crippen LogP contribution in [0.3, 0.4) is 0 Å². The fraction of sp³-hybridized carbons (Fsp3) is 0.625. The molecule has 10 heteroatoms. The predicted octanol–water partition coefficient (Wildman–Crippen LogP) is 5.24. The van der Waals surface area contributed by atoms with E-state index in [1.165, 1.54) is 0 Å². The average molecular weight is 416 g/mol. The molecule has 4 atom stereocenters. The Labute approximate surface area is 155 Å². The van der Waals surface area contributed by atoms with E-state index in [9.17, 15) is 21.8 Å². The Bertz CT molecular complexity index is 658. The smallest absolute Gasteiger partial charge is 0.179 e. The van der Waals surface area contributed by atoms with Crippen molar-refractivity contribution in [1.29, 1.82) is 0 Å². The third kappa shape index (κ3) is 4.24. The van der Waals surface area contributed by atoms with E-state index in [4.69, 9.17) is 5.26 Å². The van der Waals surface area contributed by atoms with Gasteiger partial charge in [-0.1, -0.05) is 25.8 Å². The Morgan fingerprint density at radius 3 is 2.19 bits per heavy atom. The van der Waals surface area contributed by atoms with Gasteiger partial charge in [-0.3, -0.25) is 4.21 Å². The number of hydrogen-bond donors (Lipinski definition) is 1. The highest BCUT2D eigenvalue weighted by Crippen LogP contribution is 2.40. The molecule has 26 heavy (non-hydrogen) atoms. The molecule has 1 aliphatic rings. The van der Waals surface area contributed by atoms with Crippen LogP contribution in [0.4, 0.5) is 17.6 Å². The Hall–Kier alpha value is -0.680. The van der Waals surface area contributed by atoms with Crippen molar-refractivity contribution >= 4 is 22.8 Å². The van der Waals surface area contributed by atoms with Gasteiger partial charge in [0.1, 0.15) is 9.79 Å². The second kappa shape index (κ2) is 9.01. The standard InChI is InChI=1S/C16H20F4O4S2/c1-7(2)9-5-4-8(3)10(6-9)26(22)16-13(19)11(17)15(25-24-23-21)12(18)14(16)20/h7-10,21H,4-6H2,1-3H3/t8-,9-,10?,26?/m0/s1. The topological polar surface area (TPSA) is 55.8 Å². The van der Waals surface area contributed by atoms with E-state index in [1.54, 1.807) is 0 Å². The van der Waals surface area contributed by atoms with E-state index < -0.39 is 49.1 Å². The third-order valence-electron chi connectivity index (χ3n) is 4.91. The summed E-state index contributed by atoms with van der Waals surface area (Å²) in [6.45, 7) is 5.84. The maximum absolute atomic E-state index is 14.4. The van der Waals surface area contributed by atoms with E-state index in [0.29, 0.717) is 12.3 Å². The van der Waals surface area contributed by atoms with Crippen LogP contribution in [0.5, 0.6) is 0 Å². The second-order valence-corrected chi connectivity index (χ2v) is 9.09. The molecule has 0 aliphatic heterocycles. The van der Waals surface area contributed by atoms with Crippen molar-refractivity contribution in [3.8, 4) is 0 Å². The van der Waals surface area contributed by atoms with Gasteiger partial charge in [-0.2, -0.15) is 0 Å². The van der Waals surface area contributed by atoms with Crippen LogP contribution in [-0.4, -0.2) is 14.7 Å². The Morgan fingerprint density at radius 2 is 1.69 bits per heavy atom. The quantitative estimate of drug-likeness (QED) is 0.226. The molecule has 1 aromatic carbocycles. The van der Waals surface area contributed by atoms with Gasteiger partial charge in [-0.05, 0) is 37.0 Å². The van der Waals surface area contributed by atoms with Crippen molar-refractivity contribution in [3.63, 3.8) is 0 Å². The van der Waals surface area contributed by atoms with Crippen LogP contribution in [0.25, 0.3) is 0 Å². The molecule has 2 unspecified atom stereocenters. The molecule has 1 saturated carbocycles. The van der Waals surface area contributed by atoms with Crippen molar-refractivity contribution in [2.24, 2.45) is 17.8 Å². The zero-order chi connectivity index (χ0) is 19.6. The monoisotopic (exact) mass is 416 g/mol. The molecule has 1 N–H and O–H groups in total. The highest BCUT2D eigenvalue weighted by atomic mass is 32.2. The fourth-order valence-corrected chi connectivity index (χ4v) is 5.50. The molecule has 148 valence electrons. The summed E-state index contributed by atoms with van der Waals surface area (Å²) in [6, 6.07) is 0. The van der Waals surface area contributed by atoms with Crippen LogP contribution in [0.2, 0.25) is 0 Å². The maximum atomic E-state index is 14.4. The minimum absolute atomic E-state index is 0.101. The maximum Gasteiger partial charge on any atom is 0.179 e. The summed E-state index contributed by atoms with van der Waals surface area (Å²) in [5.74, 6) is -6.53. The first-order chi connectivity index (χ1) is 12.2. The van der Waals surface area contributed by atoms with Gasteiger partial charge in [-0.15, -0.1) is 4.33 Å². The highest BCUT2D eigenvalue weighted by Gasteiger charge is 2.38. The van der Waals surface area contributed by atoms with Crippen LogP contribution >= 0.6 is 12.0 Å². The van der Waals surface area contributed by atoms with Gasteiger partial charge in [0.15, 0.2) is 23.3 Å². The number of rotatable bonds is 6. The van der Waals surface area contributed by atoms with Gasteiger partial charge in [-0.25, -0.2) is 22.8 Å². The van der Waals surface area contributed by atoms with Gasteiger partial charge < -0.3 is 0 Å². The summed E-state index contributed by atoms with van der Waals surface area (Å²) in [6.07, 6.45) is 2.10. The molecule has 0 aromatic heterocycles. The van der Waals surface area contributed by atoms with Crippen molar-refractivity contribution in [1.82, 2.24) is 0 Å². The van der Waals surface area contributed by atoms with E-state index >= 15 is 0 Å². The third-order valence-corrected chi connectivity index (χ3v) is 7.53. The molecule has 0 heterocycles. The molecule has 0 spiro atoms. The SMILES string of the molecule is CC(C)[C@H]1CC[C@H](C)C(S(=O)c2c(F)c(F)c(SOOO)c(F)c2F)C1. The first kappa shape index (κ1) is 21.6.